The summed E-state index contributed by atoms with van der Waals surface area (Å²) in [6.45, 7) is 5.82. The fraction of sp³-hybridized carbons (Fsp3) is 0.364. The van der Waals surface area contributed by atoms with E-state index in [0.717, 1.165) is 25.2 Å². The number of nitrogens with zero attached hydrogens (tertiary/aromatic N) is 3. The highest BCUT2D eigenvalue weighted by Gasteiger charge is 2.21. The molecule has 0 radical (unpaired) electrons. The minimum Gasteiger partial charge on any atom is -0.493 e. The van der Waals surface area contributed by atoms with Gasteiger partial charge in [0.1, 0.15) is 0 Å². The van der Waals surface area contributed by atoms with E-state index in [1.807, 2.05) is 54.3 Å². The number of carbonyl (C=O) groups excluding carboxylic acids is 1. The third-order valence-electron chi connectivity index (χ3n) is 4.88. The summed E-state index contributed by atoms with van der Waals surface area (Å²) in [5.74, 6) is 1.21. The maximum atomic E-state index is 12.5. The second-order valence-electron chi connectivity index (χ2n) is 6.91. The molecular formula is C22H25N3O3. The van der Waals surface area contributed by atoms with Crippen molar-refractivity contribution in [2.45, 2.75) is 13.5 Å². The number of hydrogen-bond acceptors (Lipinski definition) is 5. The van der Waals surface area contributed by atoms with Crippen LogP contribution in [-0.2, 0) is 11.3 Å². The van der Waals surface area contributed by atoms with E-state index < -0.39 is 0 Å². The van der Waals surface area contributed by atoms with Gasteiger partial charge in [-0.25, -0.2) is 0 Å². The highest BCUT2D eigenvalue weighted by molar-refractivity contribution is 5.78. The Bertz CT molecular complexity index is 850. The largest absolute Gasteiger partial charge is 0.493 e. The van der Waals surface area contributed by atoms with Crippen molar-refractivity contribution < 1.29 is 14.3 Å². The molecule has 28 heavy (non-hydrogen) atoms. The molecule has 6 heteroatoms. The Morgan fingerprint density at radius 3 is 2.43 bits per heavy atom. The monoisotopic (exact) mass is 379 g/mol. The number of ether oxygens (including phenoxy) is 2. The molecule has 1 fully saturated rings. The van der Waals surface area contributed by atoms with Crippen LogP contribution in [0.25, 0.3) is 0 Å². The fourth-order valence-corrected chi connectivity index (χ4v) is 3.22. The lowest BCUT2D eigenvalue weighted by atomic mass is 10.1. The zero-order valence-electron chi connectivity index (χ0n) is 16.4. The van der Waals surface area contributed by atoms with Gasteiger partial charge in [-0.3, -0.25) is 9.69 Å². The average Bonchev–Trinajstić information content (AvgIpc) is 2.73. The Labute approximate surface area is 165 Å². The summed E-state index contributed by atoms with van der Waals surface area (Å²) in [6, 6.07) is 15.4. The van der Waals surface area contributed by atoms with Gasteiger partial charge in [0, 0.05) is 32.7 Å². The molecule has 0 atom stereocenters. The lowest BCUT2D eigenvalue weighted by Gasteiger charge is -2.34. The number of methoxy groups -OCH3 is 1. The average molecular weight is 379 g/mol. The van der Waals surface area contributed by atoms with Crippen LogP contribution < -0.4 is 9.47 Å². The Kier molecular flexibility index (Phi) is 6.51. The second-order valence-corrected chi connectivity index (χ2v) is 6.91. The molecule has 0 spiro atoms. The van der Waals surface area contributed by atoms with Gasteiger partial charge in [-0.05, 0) is 42.3 Å². The molecule has 2 aromatic carbocycles. The van der Waals surface area contributed by atoms with E-state index in [-0.39, 0.29) is 12.5 Å². The lowest BCUT2D eigenvalue weighted by Crippen LogP contribution is -2.49. The van der Waals surface area contributed by atoms with Crippen molar-refractivity contribution in [1.29, 1.82) is 5.26 Å². The van der Waals surface area contributed by atoms with Gasteiger partial charge in [0.15, 0.2) is 18.1 Å². The molecule has 1 amide bonds. The second kappa shape index (κ2) is 9.25. The number of aryl methyl sites for hydroxylation is 1. The van der Waals surface area contributed by atoms with Crippen LogP contribution >= 0.6 is 0 Å². The highest BCUT2D eigenvalue weighted by Crippen LogP contribution is 2.27. The van der Waals surface area contributed by atoms with E-state index in [4.69, 9.17) is 14.7 Å². The predicted molar refractivity (Wildman–Crippen MR) is 106 cm³/mol. The van der Waals surface area contributed by atoms with Crippen molar-refractivity contribution in [2.24, 2.45) is 0 Å². The quantitative estimate of drug-likeness (QED) is 0.772. The minimum absolute atomic E-state index is 0.00897. The van der Waals surface area contributed by atoms with Crippen molar-refractivity contribution in [2.75, 3.05) is 39.9 Å². The molecule has 2 aromatic rings. The molecular weight excluding hydrogens is 354 g/mol. The fourth-order valence-electron chi connectivity index (χ4n) is 3.22. The van der Waals surface area contributed by atoms with Crippen LogP contribution in [0.2, 0.25) is 0 Å². The Hall–Kier alpha value is -3.04. The number of rotatable bonds is 6. The van der Waals surface area contributed by atoms with Gasteiger partial charge >= 0.3 is 0 Å². The summed E-state index contributed by atoms with van der Waals surface area (Å²) >= 11 is 0. The van der Waals surface area contributed by atoms with Crippen LogP contribution in [0, 0.1) is 18.3 Å². The normalized spacial score (nSPS) is 14.4. The van der Waals surface area contributed by atoms with Gasteiger partial charge < -0.3 is 14.4 Å². The van der Waals surface area contributed by atoms with E-state index >= 15 is 0 Å². The molecule has 146 valence electrons. The Morgan fingerprint density at radius 1 is 1.07 bits per heavy atom. The molecule has 1 aliphatic rings. The molecule has 6 nitrogen and oxygen atoms in total. The summed E-state index contributed by atoms with van der Waals surface area (Å²) in [6.07, 6.45) is 0. The van der Waals surface area contributed by atoms with Gasteiger partial charge in [0.05, 0.1) is 18.7 Å². The van der Waals surface area contributed by atoms with Crippen molar-refractivity contribution in [3.63, 3.8) is 0 Å². The van der Waals surface area contributed by atoms with Gasteiger partial charge in [0.25, 0.3) is 5.91 Å². The van der Waals surface area contributed by atoms with E-state index in [1.54, 1.807) is 7.11 Å². The molecule has 1 aliphatic heterocycles. The third kappa shape index (κ3) is 5.02. The van der Waals surface area contributed by atoms with Crippen molar-refractivity contribution in [3.05, 3.63) is 59.2 Å². The maximum absolute atomic E-state index is 12.5. The van der Waals surface area contributed by atoms with Crippen molar-refractivity contribution in [3.8, 4) is 17.6 Å². The summed E-state index contributed by atoms with van der Waals surface area (Å²) in [4.78, 5) is 16.6. The number of piperazine rings is 1. The third-order valence-corrected chi connectivity index (χ3v) is 4.88. The predicted octanol–water partition coefficient (Wildman–Crippen LogP) is 2.60. The SMILES string of the molecule is COc1cc(C)ccc1OCC(=O)N1CCN(Cc2ccc(C#N)cc2)CC1. The van der Waals surface area contributed by atoms with Gasteiger partial charge in [-0.15, -0.1) is 0 Å². The molecule has 3 rings (SSSR count). The first-order chi connectivity index (χ1) is 13.6. The topological polar surface area (TPSA) is 65.8 Å². The summed E-state index contributed by atoms with van der Waals surface area (Å²) in [5.41, 5.74) is 2.92. The van der Waals surface area contributed by atoms with E-state index in [1.165, 1.54) is 5.56 Å². The van der Waals surface area contributed by atoms with Crippen LogP contribution in [0.15, 0.2) is 42.5 Å². The first-order valence-corrected chi connectivity index (χ1v) is 9.35. The summed E-state index contributed by atoms with van der Waals surface area (Å²) in [5, 5.41) is 8.87. The summed E-state index contributed by atoms with van der Waals surface area (Å²) in [7, 11) is 1.59. The smallest absolute Gasteiger partial charge is 0.260 e. The maximum Gasteiger partial charge on any atom is 0.260 e. The first kappa shape index (κ1) is 19.7. The minimum atomic E-state index is -0.0133. The van der Waals surface area contributed by atoms with Gasteiger partial charge in [-0.2, -0.15) is 5.26 Å². The summed E-state index contributed by atoms with van der Waals surface area (Å²) < 4.78 is 11.0. The van der Waals surface area contributed by atoms with Crippen molar-refractivity contribution in [1.82, 2.24) is 9.80 Å². The van der Waals surface area contributed by atoms with Crippen LogP contribution in [0.5, 0.6) is 11.5 Å². The zero-order valence-corrected chi connectivity index (χ0v) is 16.4. The van der Waals surface area contributed by atoms with Crippen LogP contribution in [-0.4, -0.2) is 55.6 Å². The molecule has 0 aliphatic carbocycles. The molecule has 0 unspecified atom stereocenters. The number of nitriles is 1. The Morgan fingerprint density at radius 2 is 1.79 bits per heavy atom. The number of hydrogen-bond donors (Lipinski definition) is 0. The van der Waals surface area contributed by atoms with E-state index in [9.17, 15) is 4.79 Å². The zero-order chi connectivity index (χ0) is 19.9. The number of amides is 1. The van der Waals surface area contributed by atoms with Crippen molar-refractivity contribution >= 4 is 5.91 Å². The van der Waals surface area contributed by atoms with E-state index in [0.29, 0.717) is 30.2 Å². The molecule has 0 saturated carbocycles. The lowest BCUT2D eigenvalue weighted by molar-refractivity contribution is -0.135. The molecule has 1 heterocycles. The highest BCUT2D eigenvalue weighted by atomic mass is 16.5. The molecule has 0 aromatic heterocycles. The van der Waals surface area contributed by atoms with Gasteiger partial charge in [0.2, 0.25) is 0 Å². The van der Waals surface area contributed by atoms with Crippen LogP contribution in [0.1, 0.15) is 16.7 Å². The van der Waals surface area contributed by atoms with Gasteiger partial charge in [-0.1, -0.05) is 18.2 Å². The number of benzene rings is 2. The Balaban J connectivity index is 1.46. The standard InChI is InChI=1S/C22H25N3O3/c1-17-3-8-20(21(13-17)27-2)28-16-22(26)25-11-9-24(10-12-25)15-19-6-4-18(14-23)5-7-19/h3-8,13H,9-12,15-16H2,1-2H3. The van der Waals surface area contributed by atoms with Crippen LogP contribution in [0.3, 0.4) is 0 Å². The van der Waals surface area contributed by atoms with Crippen LogP contribution in [0.4, 0.5) is 0 Å². The molecule has 1 saturated heterocycles. The number of carbonyl (C=O) groups is 1. The first-order valence-electron chi connectivity index (χ1n) is 9.35. The van der Waals surface area contributed by atoms with E-state index in [2.05, 4.69) is 11.0 Å². The molecule has 0 bridgehead atoms. The molecule has 0 N–H and O–H groups in total.